The number of nitrogens with one attached hydrogen (secondary N) is 3. The van der Waals surface area contributed by atoms with E-state index in [1.165, 1.54) is 0 Å². The van der Waals surface area contributed by atoms with Crippen molar-refractivity contribution in [3.05, 3.63) is 16.2 Å². The zero-order chi connectivity index (χ0) is 27.8. The van der Waals surface area contributed by atoms with E-state index in [0.717, 1.165) is 15.7 Å². The molecule has 3 aliphatic heterocycles. The van der Waals surface area contributed by atoms with Crippen molar-refractivity contribution in [3.8, 4) is 0 Å². The van der Waals surface area contributed by atoms with Crippen LogP contribution < -0.4 is 26.0 Å². The molecule has 3 N–H and O–H groups in total. The van der Waals surface area contributed by atoms with Gasteiger partial charge in [0.05, 0.1) is 31.9 Å². The van der Waals surface area contributed by atoms with Crippen molar-refractivity contribution in [1.82, 2.24) is 26.1 Å². The SMILES string of the molecule is Cc1c(Br)cnc2c1N(C)C(=O)[C@H]1CN(C(=O)CCOC[C@H](C)NC3CNNC(=O)C3C(F)(F)F)CCN21. The van der Waals surface area contributed by atoms with E-state index in [9.17, 15) is 27.6 Å². The van der Waals surface area contributed by atoms with Crippen LogP contribution in [0.25, 0.3) is 0 Å². The highest BCUT2D eigenvalue weighted by molar-refractivity contribution is 9.10. The Morgan fingerprint density at radius 3 is 2.79 bits per heavy atom. The Bertz CT molecular complexity index is 1090. The second kappa shape index (κ2) is 11.3. The minimum atomic E-state index is -4.68. The molecule has 210 valence electrons. The maximum atomic E-state index is 13.3. The molecular weight excluding hydrogens is 575 g/mol. The van der Waals surface area contributed by atoms with Gasteiger partial charge >= 0.3 is 6.18 Å². The number of alkyl halides is 3. The maximum absolute atomic E-state index is 13.3. The molecule has 0 bridgehead atoms. The molecule has 4 rings (SSSR count). The number of rotatable bonds is 7. The summed E-state index contributed by atoms with van der Waals surface area (Å²) in [7, 11) is 1.70. The van der Waals surface area contributed by atoms with Crippen molar-refractivity contribution < 1.29 is 32.3 Å². The number of hydrogen-bond acceptors (Lipinski definition) is 8. The van der Waals surface area contributed by atoms with Gasteiger partial charge in [-0.05, 0) is 35.3 Å². The summed E-state index contributed by atoms with van der Waals surface area (Å²) < 4.78 is 46.2. The number of piperazine rings is 1. The molecule has 0 radical (unpaired) electrons. The average Bonchev–Trinajstić information content (AvgIpc) is 2.85. The first-order valence-electron chi connectivity index (χ1n) is 12.3. The van der Waals surface area contributed by atoms with E-state index >= 15 is 0 Å². The topological polar surface area (TPSA) is 119 Å². The van der Waals surface area contributed by atoms with Gasteiger partial charge < -0.3 is 24.8 Å². The van der Waals surface area contributed by atoms with Gasteiger partial charge in [-0.3, -0.25) is 19.8 Å². The number of amides is 3. The number of carbonyl (C=O) groups excluding carboxylic acids is 3. The lowest BCUT2D eigenvalue weighted by atomic mass is 9.96. The standard InChI is InChI=1S/C23H31BrF3N7O4/c1-12(30-15-9-29-31-21(36)18(15)23(25,26)27)11-38-7-4-17(35)33-5-6-34-16(10-33)22(37)32(3)19-13(2)14(24)8-28-20(19)34/h8,12,15-16,18,29-30H,4-7,9-11H2,1-3H3,(H,31,36)/t12-,15?,16+,18?/m0/s1. The summed E-state index contributed by atoms with van der Waals surface area (Å²) in [6.45, 7) is 4.74. The lowest BCUT2D eigenvalue weighted by Gasteiger charge is -2.47. The maximum Gasteiger partial charge on any atom is 0.402 e. The number of aromatic nitrogens is 1. The van der Waals surface area contributed by atoms with Crippen LogP contribution >= 0.6 is 15.9 Å². The van der Waals surface area contributed by atoms with Crippen LogP contribution in [0.3, 0.4) is 0 Å². The van der Waals surface area contributed by atoms with Crippen LogP contribution in [0.1, 0.15) is 18.9 Å². The number of nitrogens with zero attached hydrogens (tertiary/aromatic N) is 4. The third kappa shape index (κ3) is 5.75. The second-order valence-corrected chi connectivity index (χ2v) is 10.6. The predicted molar refractivity (Wildman–Crippen MR) is 135 cm³/mol. The molecule has 0 saturated carbocycles. The third-order valence-electron chi connectivity index (χ3n) is 7.08. The molecule has 1 aromatic heterocycles. The molecule has 0 aromatic carbocycles. The Morgan fingerprint density at radius 2 is 2.08 bits per heavy atom. The summed E-state index contributed by atoms with van der Waals surface area (Å²) in [5.74, 6) is -2.87. The lowest BCUT2D eigenvalue weighted by molar-refractivity contribution is -0.193. The van der Waals surface area contributed by atoms with Gasteiger partial charge in [0.2, 0.25) is 11.8 Å². The van der Waals surface area contributed by atoms with Crippen molar-refractivity contribution in [1.29, 1.82) is 0 Å². The number of hydrazine groups is 1. The van der Waals surface area contributed by atoms with Crippen LogP contribution in [0.2, 0.25) is 0 Å². The fraction of sp³-hybridized carbons (Fsp3) is 0.652. The van der Waals surface area contributed by atoms with Crippen molar-refractivity contribution in [2.75, 3.05) is 56.2 Å². The number of carbonyl (C=O) groups is 3. The Labute approximate surface area is 226 Å². The molecule has 4 atom stereocenters. The summed E-state index contributed by atoms with van der Waals surface area (Å²) >= 11 is 3.46. The smallest absolute Gasteiger partial charge is 0.379 e. The van der Waals surface area contributed by atoms with Gasteiger partial charge in [0, 0.05) is 49.4 Å². The molecule has 3 aliphatic rings. The summed E-state index contributed by atoms with van der Waals surface area (Å²) in [6, 6.07) is -2.16. The normalized spacial score (nSPS) is 24.6. The Morgan fingerprint density at radius 1 is 1.34 bits per heavy atom. The predicted octanol–water partition coefficient (Wildman–Crippen LogP) is 0.712. The Kier molecular flexibility index (Phi) is 8.49. The van der Waals surface area contributed by atoms with Gasteiger partial charge in [-0.2, -0.15) is 13.2 Å². The van der Waals surface area contributed by atoms with Crippen LogP contribution in [0.4, 0.5) is 24.7 Å². The summed E-state index contributed by atoms with van der Waals surface area (Å²) in [5, 5.41) is 2.79. The highest BCUT2D eigenvalue weighted by atomic mass is 79.9. The monoisotopic (exact) mass is 605 g/mol. The molecule has 3 amide bonds. The summed E-state index contributed by atoms with van der Waals surface area (Å²) in [4.78, 5) is 47.4. The highest BCUT2D eigenvalue weighted by Crippen LogP contribution is 2.40. The summed E-state index contributed by atoms with van der Waals surface area (Å²) in [6.07, 6.45) is -2.89. The van der Waals surface area contributed by atoms with E-state index in [4.69, 9.17) is 4.74 Å². The zero-order valence-corrected chi connectivity index (χ0v) is 22.9. The third-order valence-corrected chi connectivity index (χ3v) is 7.88. The molecule has 4 heterocycles. The van der Waals surface area contributed by atoms with Crippen LogP contribution in [0.5, 0.6) is 0 Å². The number of hydrogen-bond donors (Lipinski definition) is 3. The first-order chi connectivity index (χ1) is 17.9. The number of pyridine rings is 1. The van der Waals surface area contributed by atoms with Crippen molar-refractivity contribution >= 4 is 45.2 Å². The second-order valence-electron chi connectivity index (χ2n) is 9.74. The van der Waals surface area contributed by atoms with E-state index in [2.05, 4.69) is 31.7 Å². The van der Waals surface area contributed by atoms with E-state index in [-0.39, 0.29) is 44.5 Å². The number of halogens is 4. The fourth-order valence-electron chi connectivity index (χ4n) is 5.13. The molecule has 0 aliphatic carbocycles. The summed E-state index contributed by atoms with van der Waals surface area (Å²) in [5.41, 5.74) is 6.14. The Hall–Kier alpha value is -2.49. The minimum Gasteiger partial charge on any atom is -0.379 e. The molecular formula is C23H31BrF3N7O4. The molecule has 2 unspecified atom stereocenters. The van der Waals surface area contributed by atoms with E-state index in [1.54, 1.807) is 30.0 Å². The first-order valence-corrected chi connectivity index (χ1v) is 13.1. The molecule has 38 heavy (non-hydrogen) atoms. The number of anilines is 2. The Balaban J connectivity index is 1.26. The quantitative estimate of drug-likeness (QED) is 0.389. The van der Waals surface area contributed by atoms with Gasteiger partial charge in [-0.25, -0.2) is 10.4 Å². The minimum absolute atomic E-state index is 0.0625. The molecule has 2 saturated heterocycles. The molecule has 0 spiro atoms. The number of likely N-dealkylation sites (N-methyl/N-ethyl adjacent to an activating group) is 1. The van der Waals surface area contributed by atoms with Crippen LogP contribution in [0.15, 0.2) is 10.7 Å². The van der Waals surface area contributed by atoms with Gasteiger partial charge in [0.25, 0.3) is 5.91 Å². The van der Waals surface area contributed by atoms with Crippen LogP contribution in [0, 0.1) is 12.8 Å². The number of ether oxygens (including phenoxy) is 1. The van der Waals surface area contributed by atoms with Gasteiger partial charge in [-0.15, -0.1) is 0 Å². The molecule has 2 fully saturated rings. The van der Waals surface area contributed by atoms with Gasteiger partial charge in [-0.1, -0.05) is 0 Å². The largest absolute Gasteiger partial charge is 0.402 e. The molecule has 11 nitrogen and oxygen atoms in total. The zero-order valence-electron chi connectivity index (χ0n) is 21.3. The van der Waals surface area contributed by atoms with Crippen molar-refractivity contribution in [2.45, 2.75) is 44.6 Å². The van der Waals surface area contributed by atoms with E-state index in [0.29, 0.717) is 18.9 Å². The molecule has 1 aromatic rings. The van der Waals surface area contributed by atoms with Crippen LogP contribution in [-0.4, -0.2) is 98.3 Å². The van der Waals surface area contributed by atoms with E-state index in [1.807, 2.05) is 17.2 Å². The fourth-order valence-corrected chi connectivity index (χ4v) is 5.42. The van der Waals surface area contributed by atoms with E-state index < -0.39 is 36.1 Å². The first kappa shape index (κ1) is 28.5. The lowest BCUT2D eigenvalue weighted by Crippen LogP contribution is -2.65. The molecule has 15 heteroatoms. The van der Waals surface area contributed by atoms with Crippen molar-refractivity contribution in [3.63, 3.8) is 0 Å². The number of fused-ring (bicyclic) bond motifs is 3. The van der Waals surface area contributed by atoms with Gasteiger partial charge in [0.15, 0.2) is 11.7 Å². The average molecular weight is 606 g/mol. The van der Waals surface area contributed by atoms with Crippen molar-refractivity contribution in [2.24, 2.45) is 5.92 Å². The highest BCUT2D eigenvalue weighted by Gasteiger charge is 2.51. The van der Waals surface area contributed by atoms with Gasteiger partial charge in [0.1, 0.15) is 6.04 Å². The van der Waals surface area contributed by atoms with Crippen LogP contribution in [-0.2, 0) is 19.1 Å².